The molecule has 0 aliphatic carbocycles. The van der Waals surface area contributed by atoms with Crippen LogP contribution in [0.15, 0.2) is 58.8 Å². The fourth-order valence-electron chi connectivity index (χ4n) is 2.66. The van der Waals surface area contributed by atoms with Gasteiger partial charge in [0.2, 0.25) is 5.88 Å². The van der Waals surface area contributed by atoms with Gasteiger partial charge in [0.25, 0.3) is 0 Å². The van der Waals surface area contributed by atoms with E-state index in [0.717, 1.165) is 16.8 Å². The van der Waals surface area contributed by atoms with Crippen LogP contribution in [0.2, 0.25) is 0 Å². The van der Waals surface area contributed by atoms with Gasteiger partial charge in [-0.05, 0) is 24.6 Å². The smallest absolute Gasteiger partial charge is 0.356 e. The Kier molecular flexibility index (Phi) is 4.65. The summed E-state index contributed by atoms with van der Waals surface area (Å²) >= 11 is 0. The van der Waals surface area contributed by atoms with Crippen LogP contribution >= 0.6 is 0 Å². The van der Waals surface area contributed by atoms with Crippen molar-refractivity contribution < 1.29 is 14.6 Å². The maximum Gasteiger partial charge on any atom is 0.356 e. The number of ether oxygens (including phenoxy) is 1. The molecule has 2 aromatic carbocycles. The quantitative estimate of drug-likeness (QED) is 0.690. The van der Waals surface area contributed by atoms with Gasteiger partial charge in [-0.15, -0.1) is 5.11 Å². The van der Waals surface area contributed by atoms with Gasteiger partial charge < -0.3 is 20.1 Å². The average Bonchev–Trinajstić information content (AvgIpc) is 2.86. The van der Waals surface area contributed by atoms with Crippen molar-refractivity contribution in [2.75, 3.05) is 6.61 Å². The Bertz CT molecular complexity index is 947. The van der Waals surface area contributed by atoms with Crippen molar-refractivity contribution >= 4 is 22.6 Å². The van der Waals surface area contributed by atoms with Crippen LogP contribution in [-0.2, 0) is 6.54 Å². The highest BCUT2D eigenvalue weighted by Crippen LogP contribution is 2.38. The van der Waals surface area contributed by atoms with Crippen molar-refractivity contribution in [3.63, 3.8) is 0 Å². The Morgan fingerprint density at radius 2 is 1.92 bits per heavy atom. The van der Waals surface area contributed by atoms with Crippen LogP contribution < -0.4 is 10.5 Å². The minimum atomic E-state index is -0.917. The molecule has 0 aliphatic rings. The van der Waals surface area contributed by atoms with Crippen molar-refractivity contribution in [1.82, 2.24) is 4.57 Å². The standard InChI is InChI=1S/C18H18N4O3/c1-12-6-2-5-9-15(12)25-11-10-22-14-8-4-3-7-13(14)16(17(22)23)20-21-18(19)24/h2-9,23H,10-11H2,1H3,(H2,19,24). The van der Waals surface area contributed by atoms with Gasteiger partial charge in [0.15, 0.2) is 5.69 Å². The number of carbonyl (C=O) groups excluding carboxylic acids is 1. The van der Waals surface area contributed by atoms with Gasteiger partial charge in [-0.2, -0.15) is 0 Å². The van der Waals surface area contributed by atoms with E-state index in [1.807, 2.05) is 49.4 Å². The summed E-state index contributed by atoms with van der Waals surface area (Å²) in [5.41, 5.74) is 7.02. The molecule has 0 unspecified atom stereocenters. The van der Waals surface area contributed by atoms with Crippen molar-refractivity contribution in [3.05, 3.63) is 54.1 Å². The second kappa shape index (κ2) is 7.04. The zero-order chi connectivity index (χ0) is 17.8. The number of azo groups is 1. The summed E-state index contributed by atoms with van der Waals surface area (Å²) in [6.45, 7) is 2.75. The summed E-state index contributed by atoms with van der Waals surface area (Å²) < 4.78 is 7.46. The molecule has 0 spiro atoms. The first kappa shape index (κ1) is 16.5. The Morgan fingerprint density at radius 1 is 1.20 bits per heavy atom. The normalized spacial score (nSPS) is 11.2. The summed E-state index contributed by atoms with van der Waals surface area (Å²) in [6, 6.07) is 14.1. The van der Waals surface area contributed by atoms with Gasteiger partial charge in [0.05, 0.1) is 12.1 Å². The first-order valence-electron chi connectivity index (χ1n) is 7.77. The third-order valence-corrected chi connectivity index (χ3v) is 3.83. The van der Waals surface area contributed by atoms with Crippen molar-refractivity contribution in [2.45, 2.75) is 13.5 Å². The van der Waals surface area contributed by atoms with Crippen molar-refractivity contribution in [3.8, 4) is 11.6 Å². The van der Waals surface area contributed by atoms with Gasteiger partial charge in [0, 0.05) is 5.39 Å². The number of aryl methyl sites for hydroxylation is 1. The molecule has 2 amide bonds. The molecule has 7 heteroatoms. The molecular weight excluding hydrogens is 320 g/mol. The number of primary amides is 1. The molecule has 1 heterocycles. The molecule has 0 saturated carbocycles. The third-order valence-electron chi connectivity index (χ3n) is 3.83. The van der Waals surface area contributed by atoms with Crippen LogP contribution in [0.1, 0.15) is 5.56 Å². The van der Waals surface area contributed by atoms with Gasteiger partial charge in [-0.25, -0.2) is 4.79 Å². The van der Waals surface area contributed by atoms with Crippen LogP contribution in [0, 0.1) is 6.92 Å². The van der Waals surface area contributed by atoms with Gasteiger partial charge >= 0.3 is 6.03 Å². The van der Waals surface area contributed by atoms with Crippen molar-refractivity contribution in [1.29, 1.82) is 0 Å². The number of para-hydroxylation sites is 2. The second-order valence-electron chi connectivity index (χ2n) is 5.49. The number of aromatic nitrogens is 1. The molecule has 0 saturated heterocycles. The average molecular weight is 338 g/mol. The van der Waals surface area contributed by atoms with E-state index >= 15 is 0 Å². The number of urea groups is 1. The molecule has 3 N–H and O–H groups in total. The molecular formula is C18H18N4O3. The summed E-state index contributed by atoms with van der Waals surface area (Å²) in [6.07, 6.45) is 0. The number of hydrogen-bond donors (Lipinski definition) is 2. The molecule has 7 nitrogen and oxygen atoms in total. The number of benzene rings is 2. The molecule has 0 aliphatic heterocycles. The number of amides is 2. The van der Waals surface area contributed by atoms with Crippen LogP contribution in [0.25, 0.3) is 10.9 Å². The lowest BCUT2D eigenvalue weighted by molar-refractivity contribution is 0.255. The predicted molar refractivity (Wildman–Crippen MR) is 94.4 cm³/mol. The van der Waals surface area contributed by atoms with E-state index in [1.165, 1.54) is 0 Å². The molecule has 3 aromatic rings. The highest BCUT2D eigenvalue weighted by Gasteiger charge is 2.16. The largest absolute Gasteiger partial charge is 0.493 e. The van der Waals surface area contributed by atoms with Gasteiger partial charge in [0.1, 0.15) is 12.4 Å². The monoisotopic (exact) mass is 338 g/mol. The minimum Gasteiger partial charge on any atom is -0.493 e. The Morgan fingerprint density at radius 3 is 2.68 bits per heavy atom. The van der Waals surface area contributed by atoms with E-state index in [4.69, 9.17) is 10.5 Å². The SMILES string of the molecule is Cc1ccccc1OCCn1c(O)c(N=NC(N)=O)c2ccccc21. The number of nitrogens with zero attached hydrogens (tertiary/aromatic N) is 3. The summed E-state index contributed by atoms with van der Waals surface area (Å²) in [4.78, 5) is 10.8. The number of aromatic hydroxyl groups is 1. The lowest BCUT2D eigenvalue weighted by atomic mass is 10.2. The van der Waals surface area contributed by atoms with E-state index in [-0.39, 0.29) is 11.6 Å². The van der Waals surface area contributed by atoms with Crippen LogP contribution in [0.5, 0.6) is 11.6 Å². The molecule has 25 heavy (non-hydrogen) atoms. The molecule has 0 atom stereocenters. The fourth-order valence-corrected chi connectivity index (χ4v) is 2.66. The molecule has 0 radical (unpaired) electrons. The molecule has 3 rings (SSSR count). The van der Waals surface area contributed by atoms with Gasteiger partial charge in [-0.3, -0.25) is 0 Å². The zero-order valence-corrected chi connectivity index (χ0v) is 13.7. The zero-order valence-electron chi connectivity index (χ0n) is 13.7. The molecule has 0 fully saturated rings. The molecule has 1 aromatic heterocycles. The fraction of sp³-hybridized carbons (Fsp3) is 0.167. The number of hydrogen-bond acceptors (Lipinski definition) is 4. The highest BCUT2D eigenvalue weighted by atomic mass is 16.5. The molecule has 0 bridgehead atoms. The first-order valence-corrected chi connectivity index (χ1v) is 7.77. The van der Waals surface area contributed by atoms with Crippen LogP contribution in [-0.4, -0.2) is 22.3 Å². The Hall–Kier alpha value is -3.35. The number of nitrogens with two attached hydrogens (primary N) is 1. The summed E-state index contributed by atoms with van der Waals surface area (Å²) in [5, 5.41) is 18.3. The second-order valence-corrected chi connectivity index (χ2v) is 5.49. The third kappa shape index (κ3) is 3.45. The van der Waals surface area contributed by atoms with Crippen LogP contribution in [0.3, 0.4) is 0 Å². The van der Waals surface area contributed by atoms with E-state index in [9.17, 15) is 9.90 Å². The maximum absolute atomic E-state index is 10.8. The predicted octanol–water partition coefficient (Wildman–Crippen LogP) is 3.90. The molecule has 128 valence electrons. The van der Waals surface area contributed by atoms with Gasteiger partial charge in [-0.1, -0.05) is 41.5 Å². The summed E-state index contributed by atoms with van der Waals surface area (Å²) in [7, 11) is 0. The topological polar surface area (TPSA) is 102 Å². The Labute approximate surface area is 144 Å². The van der Waals surface area contributed by atoms with E-state index < -0.39 is 6.03 Å². The summed E-state index contributed by atoms with van der Waals surface area (Å²) in [5.74, 6) is 0.715. The van der Waals surface area contributed by atoms with E-state index in [0.29, 0.717) is 18.5 Å². The van der Waals surface area contributed by atoms with Crippen LogP contribution in [0.4, 0.5) is 10.5 Å². The Balaban J connectivity index is 1.87. The lowest BCUT2D eigenvalue weighted by Crippen LogP contribution is -2.08. The number of carbonyl (C=O) groups is 1. The highest BCUT2D eigenvalue weighted by molar-refractivity contribution is 5.95. The first-order chi connectivity index (χ1) is 12.1. The van der Waals surface area contributed by atoms with Crippen molar-refractivity contribution in [2.24, 2.45) is 16.0 Å². The maximum atomic E-state index is 10.8. The van der Waals surface area contributed by atoms with E-state index in [2.05, 4.69) is 10.2 Å². The number of fused-ring (bicyclic) bond motifs is 1. The number of rotatable bonds is 5. The van der Waals surface area contributed by atoms with E-state index in [1.54, 1.807) is 10.6 Å². The lowest BCUT2D eigenvalue weighted by Gasteiger charge is -2.11. The minimum absolute atomic E-state index is 0.0837.